The van der Waals surface area contributed by atoms with Gasteiger partial charge in [-0.25, -0.2) is 0 Å². The molecule has 0 spiro atoms. The lowest BCUT2D eigenvalue weighted by molar-refractivity contribution is 3.47. The molecule has 0 fully saturated rings. The summed E-state index contributed by atoms with van der Waals surface area (Å²) in [6, 6.07) is 0. The van der Waals surface area contributed by atoms with Crippen molar-refractivity contribution in [2.24, 2.45) is 0 Å². The number of rotatable bonds is 2. The molecule has 0 aromatic carbocycles. The lowest BCUT2D eigenvalue weighted by atomic mass is 25.8. The van der Waals surface area contributed by atoms with Crippen LogP contribution in [0.15, 0.2) is 0 Å². The van der Waals surface area contributed by atoms with Gasteiger partial charge in [0, 0.05) is 0 Å². The molecule has 0 rings (SSSR count). The maximum absolute atomic E-state index is 1.78. The summed E-state index contributed by atoms with van der Waals surface area (Å²) < 4.78 is 0. The van der Waals surface area contributed by atoms with Crippen molar-refractivity contribution in [1.29, 1.82) is 0 Å². The Morgan fingerprint density at radius 1 is 0.778 bits per heavy atom. The average Bonchev–Trinajstić information content (AvgIpc) is 1.65. The molecular formula is H20Si9. The largest absolute Gasteiger partial charge is 0.0114 e. The Balaban J connectivity index is 4.01. The monoisotopic (exact) mass is 272 g/mol. The summed E-state index contributed by atoms with van der Waals surface area (Å²) in [6.07, 6.45) is -0.0556. The molecule has 0 amide bonds. The molecule has 0 N–H and O–H groups in total. The van der Waals surface area contributed by atoms with Crippen molar-refractivity contribution < 1.29 is 0 Å². The summed E-state index contributed by atoms with van der Waals surface area (Å²) in [5, 5.41) is 0. The predicted octanol–water partition coefficient (Wildman–Crippen LogP) is -8.78. The molecule has 9 heavy (non-hydrogen) atoms. The van der Waals surface area contributed by atoms with Gasteiger partial charge in [-0.1, -0.05) is 0 Å². The van der Waals surface area contributed by atoms with Crippen LogP contribution in [-0.2, 0) is 0 Å². The molecule has 0 nitrogen and oxygen atoms in total. The Morgan fingerprint density at radius 3 is 1.00 bits per heavy atom. The smallest absolute Gasteiger partial charge is 0.00502 e. The van der Waals surface area contributed by atoms with Crippen molar-refractivity contribution >= 4 is 79.4 Å². The second kappa shape index (κ2) is 4.10. The van der Waals surface area contributed by atoms with Gasteiger partial charge in [-0.2, -0.15) is 0 Å². The topological polar surface area (TPSA) is 0 Å². The van der Waals surface area contributed by atoms with E-state index in [-0.39, 0.29) is 20.8 Å². The molecule has 0 unspecified atom stereocenters. The van der Waals surface area contributed by atoms with E-state index in [1.54, 1.807) is 58.6 Å². The van der Waals surface area contributed by atoms with Crippen LogP contribution in [-0.4, -0.2) is 79.4 Å². The maximum Gasteiger partial charge on any atom is -0.00502 e. The Labute approximate surface area is 79.0 Å². The zero-order valence-corrected chi connectivity index (χ0v) is 23.0. The molecule has 0 aromatic rings. The second-order valence-electron chi connectivity index (χ2n) is 4.13. The molecule has 0 radical (unpaired) electrons. The lowest BCUT2D eigenvalue weighted by Gasteiger charge is -2.29. The summed E-state index contributed by atoms with van der Waals surface area (Å²) in [6.45, 7) is 0. The highest BCUT2D eigenvalue weighted by molar-refractivity contribution is 8.05. The van der Waals surface area contributed by atoms with Crippen LogP contribution in [0, 0.1) is 0 Å². The number of hydrogen-bond acceptors (Lipinski definition) is 0. The minimum atomic E-state index is -0.0556. The van der Waals surface area contributed by atoms with Gasteiger partial charge in [0.25, 0.3) is 0 Å². The molecule has 0 saturated heterocycles. The summed E-state index contributed by atoms with van der Waals surface area (Å²) in [5.74, 6) is 0. The second-order valence-corrected chi connectivity index (χ2v) is 112. The fraction of sp³-hybridized carbons (Fsp3) is 0. The molecule has 0 saturated carbocycles. The molecule has 56 valence electrons. The van der Waals surface area contributed by atoms with Gasteiger partial charge >= 0.3 is 0 Å². The fourth-order valence-electron chi connectivity index (χ4n) is 0.667. The highest BCUT2D eigenvalue weighted by Crippen LogP contribution is 1.91. The first kappa shape index (κ1) is 11.0. The fourth-order valence-corrected chi connectivity index (χ4v) is 162. The lowest BCUT2D eigenvalue weighted by Crippen LogP contribution is -2.67. The van der Waals surface area contributed by atoms with Gasteiger partial charge in [-0.15, -0.1) is 0 Å². The molecule has 0 atom stereocenters. The molecule has 9 heteroatoms. The quantitative estimate of drug-likeness (QED) is 0.438. The minimum Gasteiger partial charge on any atom is -0.0114 e. The first-order chi connectivity index (χ1) is 3.89. The van der Waals surface area contributed by atoms with E-state index in [1.165, 1.54) is 0 Å². The van der Waals surface area contributed by atoms with E-state index in [2.05, 4.69) is 0 Å². The van der Waals surface area contributed by atoms with Crippen LogP contribution in [0.25, 0.3) is 0 Å². The third-order valence-corrected chi connectivity index (χ3v) is 241. The van der Waals surface area contributed by atoms with E-state index in [0.717, 1.165) is 0 Å². The third kappa shape index (κ3) is 3.23. The summed E-state index contributed by atoms with van der Waals surface area (Å²) in [4.78, 5) is 0. The number of hydrogen-bond donors (Lipinski definition) is 0. The predicted molar refractivity (Wildman–Crippen MR) is 79.7 cm³/mol. The van der Waals surface area contributed by atoms with Gasteiger partial charge in [0.15, 0.2) is 0 Å². The van der Waals surface area contributed by atoms with Gasteiger partial charge in [-0.3, -0.25) is 0 Å². The van der Waals surface area contributed by atoms with Gasteiger partial charge < -0.3 is 0 Å². The van der Waals surface area contributed by atoms with E-state index >= 15 is 0 Å². The van der Waals surface area contributed by atoms with Crippen molar-refractivity contribution in [3.05, 3.63) is 0 Å². The molecular weight excluding hydrogens is 253 g/mol. The first-order valence-electron chi connectivity index (χ1n) is 3.89. The van der Waals surface area contributed by atoms with E-state index < -0.39 is 0 Å². The van der Waals surface area contributed by atoms with Crippen molar-refractivity contribution in [3.8, 4) is 0 Å². The highest BCUT2D eigenvalue weighted by Gasteiger charge is 2.28. The average molecular weight is 273 g/mol. The molecule has 0 aromatic heterocycles. The van der Waals surface area contributed by atoms with E-state index in [0.29, 0.717) is 0 Å². The Kier molecular flexibility index (Phi) is 4.99. The summed E-state index contributed by atoms with van der Waals surface area (Å²) >= 11 is 0. The van der Waals surface area contributed by atoms with Gasteiger partial charge in [0.1, 0.15) is 0 Å². The van der Waals surface area contributed by atoms with Crippen LogP contribution in [0.3, 0.4) is 0 Å². The normalized spacial score (nSPS) is 26.7. The van der Waals surface area contributed by atoms with E-state index in [9.17, 15) is 0 Å². The van der Waals surface area contributed by atoms with Crippen molar-refractivity contribution in [2.45, 2.75) is 0 Å². The van der Waals surface area contributed by atoms with E-state index in [1.807, 2.05) is 0 Å². The van der Waals surface area contributed by atoms with Crippen LogP contribution < -0.4 is 0 Å². The Morgan fingerprint density at radius 2 is 1.00 bits per heavy atom. The zero-order valence-electron chi connectivity index (χ0n) is 7.65. The van der Waals surface area contributed by atoms with Crippen LogP contribution in [0.5, 0.6) is 0 Å². The Bertz CT molecular complexity index is 68.0. The summed E-state index contributed by atoms with van der Waals surface area (Å²) in [7, 11) is 11.0. The summed E-state index contributed by atoms with van der Waals surface area (Å²) in [5.41, 5.74) is 0. The Hall–Kier alpha value is 1.95. The molecule has 0 aliphatic heterocycles. The molecule has 0 aliphatic carbocycles. The van der Waals surface area contributed by atoms with Crippen LogP contribution in [0.1, 0.15) is 0 Å². The van der Waals surface area contributed by atoms with Gasteiger partial charge in [-0.05, 0) is 79.4 Å². The van der Waals surface area contributed by atoms with Crippen LogP contribution >= 0.6 is 0 Å². The zero-order chi connectivity index (χ0) is 7.65. The van der Waals surface area contributed by atoms with Crippen molar-refractivity contribution in [2.75, 3.05) is 0 Å². The first-order valence-corrected chi connectivity index (χ1v) is 35.0. The molecule has 0 heterocycles. The van der Waals surface area contributed by atoms with Crippen molar-refractivity contribution in [1.82, 2.24) is 0 Å². The van der Waals surface area contributed by atoms with Crippen LogP contribution in [0.4, 0.5) is 0 Å². The van der Waals surface area contributed by atoms with Gasteiger partial charge in [0.05, 0.1) is 0 Å². The molecule has 0 aliphatic rings. The SMILES string of the molecule is [SiH3][SiH]([SiH3])[Si]([SiH3])([SiH3])[SiH]([SiH3])[SiH3]. The van der Waals surface area contributed by atoms with Crippen LogP contribution in [0.2, 0.25) is 0 Å². The minimum absolute atomic E-state index is 0.0556. The van der Waals surface area contributed by atoms with Crippen molar-refractivity contribution in [3.63, 3.8) is 0 Å². The van der Waals surface area contributed by atoms with Gasteiger partial charge in [0.2, 0.25) is 0 Å². The van der Waals surface area contributed by atoms with E-state index in [4.69, 9.17) is 0 Å². The highest BCUT2D eigenvalue weighted by atomic mass is 30.4. The standard InChI is InChI=1S/H20Si9/c1-7(2)9(5,6)8(3)4/h7-8H,1-6H3. The molecule has 0 bridgehead atoms. The maximum atomic E-state index is 1.78. The third-order valence-electron chi connectivity index (χ3n) is 2.98.